The Morgan fingerprint density at radius 2 is 1.83 bits per heavy atom. The van der Waals surface area contributed by atoms with Gasteiger partial charge in [-0.15, -0.1) is 0 Å². The summed E-state index contributed by atoms with van der Waals surface area (Å²) in [6.07, 6.45) is 4.50. The van der Waals surface area contributed by atoms with E-state index >= 15 is 0 Å². The highest BCUT2D eigenvalue weighted by Crippen LogP contribution is 2.19. The summed E-state index contributed by atoms with van der Waals surface area (Å²) in [4.78, 5) is 12.2. The van der Waals surface area contributed by atoms with Crippen molar-refractivity contribution in [2.75, 3.05) is 12.4 Å². The van der Waals surface area contributed by atoms with E-state index in [-0.39, 0.29) is 17.3 Å². The van der Waals surface area contributed by atoms with Crippen molar-refractivity contribution in [2.45, 2.75) is 11.4 Å². The van der Waals surface area contributed by atoms with E-state index in [0.717, 1.165) is 5.56 Å². The SMILES string of the molecule is COc1ccccc1/C=C/C(=O)Nc1ccc(S(=O)(=O)NCc2ccco2)cc1. The second-order valence-electron chi connectivity index (χ2n) is 5.99. The first kappa shape index (κ1) is 20.4. The van der Waals surface area contributed by atoms with Crippen LogP contribution in [-0.2, 0) is 21.4 Å². The Labute approximate surface area is 169 Å². The molecule has 0 aliphatic rings. The molecule has 2 N–H and O–H groups in total. The smallest absolute Gasteiger partial charge is 0.248 e. The summed E-state index contributed by atoms with van der Waals surface area (Å²) in [5, 5.41) is 2.69. The summed E-state index contributed by atoms with van der Waals surface area (Å²) < 4.78 is 37.4. The second-order valence-corrected chi connectivity index (χ2v) is 7.76. The van der Waals surface area contributed by atoms with E-state index in [4.69, 9.17) is 9.15 Å². The molecule has 0 aliphatic heterocycles. The van der Waals surface area contributed by atoms with Crippen molar-refractivity contribution in [2.24, 2.45) is 0 Å². The van der Waals surface area contributed by atoms with Gasteiger partial charge in [-0.1, -0.05) is 18.2 Å². The maximum absolute atomic E-state index is 12.3. The van der Waals surface area contributed by atoms with Gasteiger partial charge in [0.25, 0.3) is 0 Å². The minimum Gasteiger partial charge on any atom is -0.496 e. The molecule has 7 nitrogen and oxygen atoms in total. The highest BCUT2D eigenvalue weighted by molar-refractivity contribution is 7.89. The summed E-state index contributed by atoms with van der Waals surface area (Å²) in [7, 11) is -2.12. The van der Waals surface area contributed by atoms with Gasteiger partial charge in [0.2, 0.25) is 15.9 Å². The number of benzene rings is 2. The van der Waals surface area contributed by atoms with E-state index in [1.807, 2.05) is 18.2 Å². The predicted octanol–water partition coefficient (Wildman–Crippen LogP) is 3.42. The van der Waals surface area contributed by atoms with E-state index in [1.54, 1.807) is 31.4 Å². The summed E-state index contributed by atoms with van der Waals surface area (Å²) >= 11 is 0. The molecule has 1 amide bonds. The topological polar surface area (TPSA) is 97.6 Å². The summed E-state index contributed by atoms with van der Waals surface area (Å²) in [6.45, 7) is 0.0571. The van der Waals surface area contributed by atoms with Crippen molar-refractivity contribution in [3.05, 3.63) is 84.3 Å². The molecule has 0 spiro atoms. The molecule has 0 radical (unpaired) electrons. The van der Waals surface area contributed by atoms with Crippen LogP contribution in [-0.4, -0.2) is 21.4 Å². The van der Waals surface area contributed by atoms with Gasteiger partial charge in [-0.2, -0.15) is 0 Å². The number of sulfonamides is 1. The largest absolute Gasteiger partial charge is 0.496 e. The quantitative estimate of drug-likeness (QED) is 0.553. The lowest BCUT2D eigenvalue weighted by Gasteiger charge is -2.07. The van der Waals surface area contributed by atoms with E-state index in [2.05, 4.69) is 10.0 Å². The van der Waals surface area contributed by atoms with E-state index in [9.17, 15) is 13.2 Å². The summed E-state index contributed by atoms with van der Waals surface area (Å²) in [5.74, 6) is 0.829. The Morgan fingerprint density at radius 1 is 1.07 bits per heavy atom. The Morgan fingerprint density at radius 3 is 2.52 bits per heavy atom. The third-order valence-corrected chi connectivity index (χ3v) is 5.42. The maximum atomic E-state index is 12.3. The Kier molecular flexibility index (Phi) is 6.48. The lowest BCUT2D eigenvalue weighted by Crippen LogP contribution is -2.23. The molecule has 0 saturated carbocycles. The van der Waals surface area contributed by atoms with Crippen molar-refractivity contribution >= 4 is 27.7 Å². The summed E-state index contributed by atoms with van der Waals surface area (Å²) in [5.41, 5.74) is 1.25. The number of furan rings is 1. The van der Waals surface area contributed by atoms with Crippen LogP contribution >= 0.6 is 0 Å². The standard InChI is InChI=1S/C21H20N2O5S/c1-27-20-7-3-2-5-16(20)8-13-21(24)23-17-9-11-19(12-10-17)29(25,26)22-15-18-6-4-14-28-18/h2-14,22H,15H2,1H3,(H,23,24)/b13-8+. The fourth-order valence-corrected chi connectivity index (χ4v) is 3.53. The molecular weight excluding hydrogens is 392 g/mol. The molecule has 2 aromatic carbocycles. The zero-order valence-corrected chi connectivity index (χ0v) is 16.5. The maximum Gasteiger partial charge on any atom is 0.248 e. The van der Waals surface area contributed by atoms with Crippen LogP contribution in [0, 0.1) is 0 Å². The number of carbonyl (C=O) groups is 1. The Balaban J connectivity index is 1.61. The van der Waals surface area contributed by atoms with Crippen LogP contribution in [0.3, 0.4) is 0 Å². The molecule has 8 heteroatoms. The van der Waals surface area contributed by atoms with Gasteiger partial charge in [0.15, 0.2) is 0 Å². The molecular formula is C21H20N2O5S. The lowest BCUT2D eigenvalue weighted by molar-refractivity contribution is -0.111. The first-order valence-corrected chi connectivity index (χ1v) is 10.2. The highest BCUT2D eigenvalue weighted by atomic mass is 32.2. The minimum atomic E-state index is -3.69. The van der Waals surface area contributed by atoms with Crippen LogP contribution < -0.4 is 14.8 Å². The minimum absolute atomic E-state index is 0.0571. The molecule has 0 unspecified atom stereocenters. The van der Waals surface area contributed by atoms with Crippen LogP contribution in [0.2, 0.25) is 0 Å². The monoisotopic (exact) mass is 412 g/mol. The predicted molar refractivity (Wildman–Crippen MR) is 110 cm³/mol. The number of hydrogen-bond acceptors (Lipinski definition) is 5. The van der Waals surface area contributed by atoms with E-state index in [1.165, 1.54) is 36.6 Å². The second kappa shape index (κ2) is 9.22. The molecule has 29 heavy (non-hydrogen) atoms. The molecule has 3 aromatic rings. The molecule has 1 aromatic heterocycles. The average Bonchev–Trinajstić information content (AvgIpc) is 3.25. The van der Waals surface area contributed by atoms with Crippen molar-refractivity contribution in [3.63, 3.8) is 0 Å². The number of rotatable bonds is 8. The molecule has 0 atom stereocenters. The van der Waals surface area contributed by atoms with Crippen LogP contribution in [0.5, 0.6) is 5.75 Å². The van der Waals surface area contributed by atoms with Gasteiger partial charge in [0.05, 0.1) is 24.8 Å². The summed E-state index contributed by atoms with van der Waals surface area (Å²) in [6, 6.07) is 16.6. The van der Waals surface area contributed by atoms with E-state index in [0.29, 0.717) is 17.2 Å². The van der Waals surface area contributed by atoms with Gasteiger partial charge in [0, 0.05) is 17.3 Å². The molecule has 0 bridgehead atoms. The Hall–Kier alpha value is -3.36. The normalized spacial score (nSPS) is 11.5. The molecule has 3 rings (SSSR count). The molecule has 150 valence electrons. The van der Waals surface area contributed by atoms with Crippen molar-refractivity contribution in [1.29, 1.82) is 0 Å². The van der Waals surface area contributed by atoms with Gasteiger partial charge >= 0.3 is 0 Å². The Bertz CT molecular complexity index is 1090. The third kappa shape index (κ3) is 5.56. The van der Waals surface area contributed by atoms with Crippen molar-refractivity contribution in [1.82, 2.24) is 4.72 Å². The fourth-order valence-electron chi connectivity index (χ4n) is 2.53. The molecule has 0 aliphatic carbocycles. The number of anilines is 1. The third-order valence-electron chi connectivity index (χ3n) is 4.00. The first-order chi connectivity index (χ1) is 14.0. The van der Waals surface area contributed by atoms with Gasteiger partial charge in [-0.05, 0) is 48.5 Å². The number of ether oxygens (including phenoxy) is 1. The zero-order valence-electron chi connectivity index (χ0n) is 15.7. The average molecular weight is 412 g/mol. The highest BCUT2D eigenvalue weighted by Gasteiger charge is 2.14. The van der Waals surface area contributed by atoms with Crippen LogP contribution in [0.25, 0.3) is 6.08 Å². The van der Waals surface area contributed by atoms with Crippen LogP contribution in [0.1, 0.15) is 11.3 Å². The van der Waals surface area contributed by atoms with Crippen molar-refractivity contribution in [3.8, 4) is 5.75 Å². The van der Waals surface area contributed by atoms with Gasteiger partial charge in [0.1, 0.15) is 11.5 Å². The number of nitrogens with one attached hydrogen (secondary N) is 2. The fraction of sp³-hybridized carbons (Fsp3) is 0.0952. The van der Waals surface area contributed by atoms with Crippen LogP contribution in [0.15, 0.2) is 82.3 Å². The molecule has 1 heterocycles. The van der Waals surface area contributed by atoms with Crippen LogP contribution in [0.4, 0.5) is 5.69 Å². The number of carbonyl (C=O) groups excluding carboxylic acids is 1. The van der Waals surface area contributed by atoms with Gasteiger partial charge in [-0.25, -0.2) is 13.1 Å². The van der Waals surface area contributed by atoms with Gasteiger partial charge < -0.3 is 14.5 Å². The number of hydrogen-bond donors (Lipinski definition) is 2. The number of amides is 1. The molecule has 0 saturated heterocycles. The zero-order chi connectivity index (χ0) is 20.7. The van der Waals surface area contributed by atoms with E-state index < -0.39 is 10.0 Å². The lowest BCUT2D eigenvalue weighted by atomic mass is 10.2. The number of para-hydroxylation sites is 1. The number of methoxy groups -OCH3 is 1. The van der Waals surface area contributed by atoms with Gasteiger partial charge in [-0.3, -0.25) is 4.79 Å². The first-order valence-electron chi connectivity index (χ1n) is 8.72. The molecule has 0 fully saturated rings. The van der Waals surface area contributed by atoms with Crippen molar-refractivity contribution < 1.29 is 22.4 Å².